The molecule has 0 fully saturated rings. The Hall–Kier alpha value is -2.63. The van der Waals surface area contributed by atoms with Crippen LogP contribution in [0.4, 0.5) is 4.79 Å². The van der Waals surface area contributed by atoms with Crippen LogP contribution in [0.1, 0.15) is 31.9 Å². The first-order valence-electron chi connectivity index (χ1n) is 7.44. The number of hydrogen-bond acceptors (Lipinski definition) is 5. The Bertz CT molecular complexity index is 711. The van der Waals surface area contributed by atoms with Gasteiger partial charge < -0.3 is 9.47 Å². The van der Waals surface area contributed by atoms with E-state index in [-0.39, 0.29) is 6.09 Å². The van der Waals surface area contributed by atoms with Crippen LogP contribution in [0.3, 0.4) is 0 Å². The Morgan fingerprint density at radius 2 is 1.96 bits per heavy atom. The molecule has 1 aromatic carbocycles. The molecule has 0 unspecified atom stereocenters. The minimum absolute atomic E-state index is 0.299. The van der Waals surface area contributed by atoms with Crippen LogP contribution in [0, 0.1) is 0 Å². The third kappa shape index (κ3) is 3.77. The molecule has 0 atom stereocenters. The van der Waals surface area contributed by atoms with Crippen LogP contribution in [-0.2, 0) is 17.8 Å². The molecule has 0 radical (unpaired) electrons. The summed E-state index contributed by atoms with van der Waals surface area (Å²) in [6.45, 7) is 6.66. The molecule has 1 aliphatic heterocycles. The maximum atomic E-state index is 12.2. The number of hydrogen-bond donors (Lipinski definition) is 0. The predicted octanol–water partition coefficient (Wildman–Crippen LogP) is 3.52. The van der Waals surface area contributed by atoms with E-state index in [0.29, 0.717) is 24.7 Å². The van der Waals surface area contributed by atoms with Gasteiger partial charge in [-0.05, 0) is 44.0 Å². The summed E-state index contributed by atoms with van der Waals surface area (Å²) in [4.78, 5) is 21.7. The Balaban J connectivity index is 1.70. The highest BCUT2D eigenvalue weighted by atomic mass is 16.6. The lowest BCUT2D eigenvalue weighted by Crippen LogP contribution is -2.33. The first kappa shape index (κ1) is 15.3. The van der Waals surface area contributed by atoms with E-state index in [1.807, 2.05) is 39.0 Å². The van der Waals surface area contributed by atoms with Crippen molar-refractivity contribution in [3.05, 3.63) is 47.9 Å². The standard InChI is InChI=1S/C17H19N3O3/c1-17(2,3)23-16(21)20-9-12-4-5-14(8-13(12)10-20)22-15-6-7-18-11-19-15/h4-8,11H,9-10H2,1-3H3. The zero-order valence-electron chi connectivity index (χ0n) is 13.4. The van der Waals surface area contributed by atoms with Gasteiger partial charge >= 0.3 is 6.09 Å². The second-order valence-corrected chi connectivity index (χ2v) is 6.42. The van der Waals surface area contributed by atoms with Crippen LogP contribution >= 0.6 is 0 Å². The molecule has 0 saturated carbocycles. The summed E-state index contributed by atoms with van der Waals surface area (Å²) in [7, 11) is 0. The molecule has 0 bridgehead atoms. The van der Waals surface area contributed by atoms with Gasteiger partial charge in [-0.2, -0.15) is 0 Å². The average molecular weight is 313 g/mol. The topological polar surface area (TPSA) is 64.5 Å². The molecule has 0 aliphatic carbocycles. The van der Waals surface area contributed by atoms with E-state index in [4.69, 9.17) is 9.47 Å². The van der Waals surface area contributed by atoms with Gasteiger partial charge in [0.05, 0.1) is 0 Å². The minimum Gasteiger partial charge on any atom is -0.444 e. The molecular weight excluding hydrogens is 294 g/mol. The Morgan fingerprint density at radius 3 is 2.65 bits per heavy atom. The third-order valence-electron chi connectivity index (χ3n) is 3.33. The predicted molar refractivity (Wildman–Crippen MR) is 84.0 cm³/mol. The van der Waals surface area contributed by atoms with Gasteiger partial charge in [-0.1, -0.05) is 6.07 Å². The van der Waals surface area contributed by atoms with Crippen molar-refractivity contribution >= 4 is 6.09 Å². The fourth-order valence-corrected chi connectivity index (χ4v) is 2.35. The summed E-state index contributed by atoms with van der Waals surface area (Å²) in [5, 5.41) is 0. The van der Waals surface area contributed by atoms with E-state index < -0.39 is 5.60 Å². The van der Waals surface area contributed by atoms with Crippen molar-refractivity contribution in [2.24, 2.45) is 0 Å². The maximum absolute atomic E-state index is 12.2. The van der Waals surface area contributed by atoms with Gasteiger partial charge in [0.25, 0.3) is 0 Å². The summed E-state index contributed by atoms with van der Waals surface area (Å²) in [6, 6.07) is 7.47. The van der Waals surface area contributed by atoms with Crippen LogP contribution in [0.25, 0.3) is 0 Å². The van der Waals surface area contributed by atoms with Gasteiger partial charge in [0.15, 0.2) is 0 Å². The molecule has 1 aliphatic rings. The molecule has 6 heteroatoms. The normalized spacial score (nSPS) is 13.6. The summed E-state index contributed by atoms with van der Waals surface area (Å²) >= 11 is 0. The van der Waals surface area contributed by atoms with E-state index in [9.17, 15) is 4.79 Å². The number of benzene rings is 1. The third-order valence-corrected chi connectivity index (χ3v) is 3.33. The SMILES string of the molecule is CC(C)(C)OC(=O)N1Cc2ccc(Oc3ccncn3)cc2C1. The van der Waals surface area contributed by atoms with Gasteiger partial charge in [0, 0.05) is 25.4 Å². The number of carbonyl (C=O) groups excluding carboxylic acids is 1. The number of aromatic nitrogens is 2. The molecule has 2 aromatic rings. The summed E-state index contributed by atoms with van der Waals surface area (Å²) < 4.78 is 11.1. The van der Waals surface area contributed by atoms with Crippen LogP contribution in [0.5, 0.6) is 11.6 Å². The highest BCUT2D eigenvalue weighted by Crippen LogP contribution is 2.29. The molecule has 1 amide bonds. The number of fused-ring (bicyclic) bond motifs is 1. The van der Waals surface area contributed by atoms with E-state index in [0.717, 1.165) is 11.1 Å². The Kier molecular flexibility index (Phi) is 3.90. The zero-order valence-corrected chi connectivity index (χ0v) is 13.4. The number of rotatable bonds is 2. The lowest BCUT2D eigenvalue weighted by molar-refractivity contribution is 0.0242. The van der Waals surface area contributed by atoms with E-state index in [2.05, 4.69) is 9.97 Å². The van der Waals surface area contributed by atoms with Crippen molar-refractivity contribution in [3.63, 3.8) is 0 Å². The molecule has 1 aromatic heterocycles. The Labute approximate surface area is 135 Å². The molecule has 3 rings (SSSR count). The summed E-state index contributed by atoms with van der Waals surface area (Å²) in [6.07, 6.45) is 2.76. The zero-order chi connectivity index (χ0) is 16.4. The number of ether oxygens (including phenoxy) is 2. The number of nitrogens with zero attached hydrogens (tertiary/aromatic N) is 3. The first-order chi connectivity index (χ1) is 10.9. The fraction of sp³-hybridized carbons (Fsp3) is 0.353. The van der Waals surface area contributed by atoms with Crippen LogP contribution < -0.4 is 4.74 Å². The monoisotopic (exact) mass is 313 g/mol. The highest BCUT2D eigenvalue weighted by molar-refractivity contribution is 5.69. The smallest absolute Gasteiger partial charge is 0.410 e. The van der Waals surface area contributed by atoms with Gasteiger partial charge in [-0.15, -0.1) is 0 Å². The second kappa shape index (κ2) is 5.87. The molecule has 120 valence electrons. The maximum Gasteiger partial charge on any atom is 0.410 e. The largest absolute Gasteiger partial charge is 0.444 e. The fourth-order valence-electron chi connectivity index (χ4n) is 2.35. The molecular formula is C17H19N3O3. The molecule has 6 nitrogen and oxygen atoms in total. The van der Waals surface area contributed by atoms with Crippen LogP contribution in [0.2, 0.25) is 0 Å². The number of amides is 1. The van der Waals surface area contributed by atoms with Crippen LogP contribution in [-0.4, -0.2) is 26.6 Å². The first-order valence-corrected chi connectivity index (χ1v) is 7.44. The summed E-state index contributed by atoms with van der Waals surface area (Å²) in [5.41, 5.74) is 1.67. The minimum atomic E-state index is -0.493. The van der Waals surface area contributed by atoms with Crippen molar-refractivity contribution < 1.29 is 14.3 Å². The van der Waals surface area contributed by atoms with E-state index in [1.165, 1.54) is 6.33 Å². The lowest BCUT2D eigenvalue weighted by Gasteiger charge is -2.24. The lowest BCUT2D eigenvalue weighted by atomic mass is 10.1. The molecule has 0 N–H and O–H groups in total. The van der Waals surface area contributed by atoms with Crippen molar-refractivity contribution in [2.75, 3.05) is 0 Å². The van der Waals surface area contributed by atoms with E-state index >= 15 is 0 Å². The molecule has 2 heterocycles. The van der Waals surface area contributed by atoms with Gasteiger partial charge in [0.1, 0.15) is 17.7 Å². The Morgan fingerprint density at radius 1 is 1.17 bits per heavy atom. The van der Waals surface area contributed by atoms with Crippen molar-refractivity contribution in [2.45, 2.75) is 39.5 Å². The molecule has 23 heavy (non-hydrogen) atoms. The van der Waals surface area contributed by atoms with Crippen molar-refractivity contribution in [1.82, 2.24) is 14.9 Å². The summed E-state index contributed by atoms with van der Waals surface area (Å²) in [5.74, 6) is 1.18. The molecule has 0 saturated heterocycles. The van der Waals surface area contributed by atoms with Gasteiger partial charge in [-0.25, -0.2) is 14.8 Å². The number of carbonyl (C=O) groups is 1. The quantitative estimate of drug-likeness (QED) is 0.848. The van der Waals surface area contributed by atoms with Gasteiger partial charge in [-0.3, -0.25) is 4.90 Å². The average Bonchev–Trinajstić information content (AvgIpc) is 2.90. The van der Waals surface area contributed by atoms with Crippen LogP contribution in [0.15, 0.2) is 36.8 Å². The van der Waals surface area contributed by atoms with Crippen molar-refractivity contribution in [3.8, 4) is 11.6 Å². The van der Waals surface area contributed by atoms with Gasteiger partial charge in [0.2, 0.25) is 5.88 Å². The second-order valence-electron chi connectivity index (χ2n) is 6.42. The van der Waals surface area contributed by atoms with Crippen molar-refractivity contribution in [1.29, 1.82) is 0 Å². The molecule has 0 spiro atoms. The van der Waals surface area contributed by atoms with E-state index in [1.54, 1.807) is 17.2 Å². The highest BCUT2D eigenvalue weighted by Gasteiger charge is 2.27.